The molecule has 0 atom stereocenters. The van der Waals surface area contributed by atoms with Gasteiger partial charge in [0.25, 0.3) is 0 Å². The predicted octanol–water partition coefficient (Wildman–Crippen LogP) is 0.682. The molecule has 0 saturated carbocycles. The molecule has 0 fully saturated rings. The third-order valence-electron chi connectivity index (χ3n) is 1.91. The van der Waals surface area contributed by atoms with Gasteiger partial charge in [-0.3, -0.25) is 4.79 Å². The highest BCUT2D eigenvalue weighted by atomic mass is 35.5. The first-order valence-electron chi connectivity index (χ1n) is 4.73. The van der Waals surface area contributed by atoms with Crippen LogP contribution in [0.15, 0.2) is 18.2 Å². The van der Waals surface area contributed by atoms with E-state index in [1.54, 1.807) is 12.1 Å². The molecule has 1 aromatic rings. The van der Waals surface area contributed by atoms with E-state index in [9.17, 15) is 13.2 Å². The summed E-state index contributed by atoms with van der Waals surface area (Å²) < 4.78 is 26.7. The second-order valence-corrected chi connectivity index (χ2v) is 5.72. The lowest BCUT2D eigenvalue weighted by Gasteiger charge is -2.08. The van der Waals surface area contributed by atoms with Gasteiger partial charge in [0.15, 0.2) is 9.84 Å². The van der Waals surface area contributed by atoms with Gasteiger partial charge in [0.1, 0.15) is 11.5 Å². The number of methoxy groups -OCH3 is 1. The second kappa shape index (κ2) is 6.46. The van der Waals surface area contributed by atoms with Crippen molar-refractivity contribution in [3.63, 3.8) is 0 Å². The first-order valence-corrected chi connectivity index (χ1v) is 6.79. The van der Waals surface area contributed by atoms with Crippen LogP contribution in [0.4, 0.5) is 11.4 Å². The zero-order valence-corrected chi connectivity index (χ0v) is 11.6. The van der Waals surface area contributed by atoms with E-state index in [-0.39, 0.29) is 12.4 Å². The average Bonchev–Trinajstić information content (AvgIpc) is 2.14. The van der Waals surface area contributed by atoms with Crippen LogP contribution in [0, 0.1) is 0 Å². The summed E-state index contributed by atoms with van der Waals surface area (Å²) in [5.41, 5.74) is 6.43. The Bertz CT molecular complexity index is 531. The van der Waals surface area contributed by atoms with Crippen LogP contribution in [0.5, 0.6) is 5.75 Å². The van der Waals surface area contributed by atoms with Gasteiger partial charge in [-0.2, -0.15) is 0 Å². The maximum Gasteiger partial charge on any atom is 0.239 e. The summed E-state index contributed by atoms with van der Waals surface area (Å²) in [7, 11) is -1.85. The molecule has 0 radical (unpaired) electrons. The number of nitrogens with one attached hydrogen (secondary N) is 1. The molecule has 18 heavy (non-hydrogen) atoms. The van der Waals surface area contributed by atoms with Crippen molar-refractivity contribution >= 4 is 39.5 Å². The molecule has 1 amide bonds. The Morgan fingerprint density at radius 1 is 1.44 bits per heavy atom. The van der Waals surface area contributed by atoms with E-state index in [4.69, 9.17) is 10.5 Å². The zero-order chi connectivity index (χ0) is 13.1. The maximum atomic E-state index is 11.3. The smallest absolute Gasteiger partial charge is 0.239 e. The summed E-state index contributed by atoms with van der Waals surface area (Å²) in [6, 6.07) is 4.67. The zero-order valence-electron chi connectivity index (χ0n) is 9.97. The molecule has 0 aliphatic heterocycles. The van der Waals surface area contributed by atoms with Gasteiger partial charge < -0.3 is 15.8 Å². The van der Waals surface area contributed by atoms with Crippen molar-refractivity contribution in [2.24, 2.45) is 0 Å². The first-order chi connectivity index (χ1) is 7.81. The minimum Gasteiger partial charge on any atom is -0.495 e. The minimum atomic E-state index is -3.33. The minimum absolute atomic E-state index is 0. The summed E-state index contributed by atoms with van der Waals surface area (Å²) >= 11 is 0. The largest absolute Gasteiger partial charge is 0.495 e. The number of nitrogens with two attached hydrogens (primary N) is 1. The van der Waals surface area contributed by atoms with Gasteiger partial charge in [0, 0.05) is 11.9 Å². The number of ether oxygens (including phenoxy) is 1. The molecule has 1 aromatic carbocycles. The number of benzene rings is 1. The molecule has 0 unspecified atom stereocenters. The predicted molar refractivity (Wildman–Crippen MR) is 73.0 cm³/mol. The maximum absolute atomic E-state index is 11.3. The van der Waals surface area contributed by atoms with Gasteiger partial charge in [-0.1, -0.05) is 0 Å². The number of carbonyl (C=O) groups is 1. The van der Waals surface area contributed by atoms with Crippen molar-refractivity contribution in [1.82, 2.24) is 0 Å². The number of carbonyl (C=O) groups excluding carboxylic acids is 1. The Hall–Kier alpha value is -1.47. The number of rotatable bonds is 4. The van der Waals surface area contributed by atoms with E-state index in [1.165, 1.54) is 13.2 Å². The van der Waals surface area contributed by atoms with E-state index >= 15 is 0 Å². The van der Waals surface area contributed by atoms with Crippen molar-refractivity contribution < 1.29 is 17.9 Å². The molecule has 102 valence electrons. The highest BCUT2D eigenvalue weighted by Gasteiger charge is 2.11. The lowest BCUT2D eigenvalue weighted by molar-refractivity contribution is -0.113. The monoisotopic (exact) mass is 294 g/mol. The summed E-state index contributed by atoms with van der Waals surface area (Å²) in [5.74, 6) is -0.665. The topological polar surface area (TPSA) is 98.5 Å². The SMILES string of the molecule is COc1ccc(NC(=O)CS(C)(=O)=O)cc1N.Cl. The summed E-state index contributed by atoms with van der Waals surface area (Å²) in [5, 5.41) is 2.44. The van der Waals surface area contributed by atoms with Crippen LogP contribution in [-0.4, -0.2) is 33.4 Å². The number of anilines is 2. The lowest BCUT2D eigenvalue weighted by atomic mass is 10.2. The van der Waals surface area contributed by atoms with Gasteiger partial charge in [-0.05, 0) is 18.2 Å². The van der Waals surface area contributed by atoms with Crippen LogP contribution in [0.25, 0.3) is 0 Å². The Morgan fingerprint density at radius 3 is 2.50 bits per heavy atom. The Labute approximate surface area is 112 Å². The van der Waals surface area contributed by atoms with E-state index in [1.807, 2.05) is 0 Å². The number of amides is 1. The molecule has 6 nitrogen and oxygen atoms in total. The van der Waals surface area contributed by atoms with Gasteiger partial charge in [-0.15, -0.1) is 12.4 Å². The third-order valence-corrected chi connectivity index (χ3v) is 2.69. The van der Waals surface area contributed by atoms with Crippen molar-refractivity contribution in [2.75, 3.05) is 30.2 Å². The Kier molecular flexibility index (Phi) is 5.93. The fraction of sp³-hybridized carbons (Fsp3) is 0.300. The number of nitrogen functional groups attached to an aromatic ring is 1. The molecule has 3 N–H and O–H groups in total. The molecule has 1 rings (SSSR count). The first kappa shape index (κ1) is 16.5. The Balaban J connectivity index is 0.00000289. The lowest BCUT2D eigenvalue weighted by Crippen LogP contribution is -2.21. The van der Waals surface area contributed by atoms with E-state index in [0.717, 1.165) is 6.26 Å². The summed E-state index contributed by atoms with van der Waals surface area (Å²) in [4.78, 5) is 11.3. The molecule has 0 aromatic heterocycles. The average molecular weight is 295 g/mol. The molecule has 0 aliphatic rings. The van der Waals surface area contributed by atoms with Gasteiger partial charge in [-0.25, -0.2) is 8.42 Å². The summed E-state index contributed by atoms with van der Waals surface area (Å²) in [6.07, 6.45) is 0.995. The molecule has 0 aliphatic carbocycles. The number of hydrogen-bond donors (Lipinski definition) is 2. The molecular weight excluding hydrogens is 280 g/mol. The Morgan fingerprint density at radius 2 is 2.06 bits per heavy atom. The fourth-order valence-corrected chi connectivity index (χ4v) is 1.80. The normalized spacial score (nSPS) is 10.3. The van der Waals surface area contributed by atoms with Crippen molar-refractivity contribution in [3.05, 3.63) is 18.2 Å². The van der Waals surface area contributed by atoms with Crippen LogP contribution in [0.3, 0.4) is 0 Å². The fourth-order valence-electron chi connectivity index (χ4n) is 1.25. The third kappa shape index (κ3) is 5.24. The van der Waals surface area contributed by atoms with Gasteiger partial charge in [0.2, 0.25) is 5.91 Å². The van der Waals surface area contributed by atoms with Crippen LogP contribution in [0.1, 0.15) is 0 Å². The van der Waals surface area contributed by atoms with Crippen LogP contribution in [0.2, 0.25) is 0 Å². The van der Waals surface area contributed by atoms with Crippen molar-refractivity contribution in [3.8, 4) is 5.75 Å². The van der Waals surface area contributed by atoms with E-state index in [0.29, 0.717) is 17.1 Å². The molecule has 0 heterocycles. The van der Waals surface area contributed by atoms with Crippen LogP contribution < -0.4 is 15.8 Å². The second-order valence-electron chi connectivity index (χ2n) is 3.57. The molecular formula is C10H15ClN2O4S. The van der Waals surface area contributed by atoms with Crippen molar-refractivity contribution in [2.45, 2.75) is 0 Å². The summed E-state index contributed by atoms with van der Waals surface area (Å²) in [6.45, 7) is 0. The molecule has 0 bridgehead atoms. The molecule has 8 heteroatoms. The molecule has 0 saturated heterocycles. The highest BCUT2D eigenvalue weighted by molar-refractivity contribution is 7.91. The van der Waals surface area contributed by atoms with Crippen LogP contribution in [-0.2, 0) is 14.6 Å². The molecule has 0 spiro atoms. The van der Waals surface area contributed by atoms with Gasteiger partial charge in [0.05, 0.1) is 12.8 Å². The quantitative estimate of drug-likeness (QED) is 0.796. The van der Waals surface area contributed by atoms with Crippen molar-refractivity contribution in [1.29, 1.82) is 0 Å². The van der Waals surface area contributed by atoms with Crippen LogP contribution >= 0.6 is 12.4 Å². The number of hydrogen-bond acceptors (Lipinski definition) is 5. The number of sulfone groups is 1. The van der Waals surface area contributed by atoms with Gasteiger partial charge >= 0.3 is 0 Å². The number of halogens is 1. The van der Waals surface area contributed by atoms with E-state index < -0.39 is 21.5 Å². The highest BCUT2D eigenvalue weighted by Crippen LogP contribution is 2.24. The van der Waals surface area contributed by atoms with E-state index in [2.05, 4.69) is 5.32 Å². The standard InChI is InChI=1S/C10H14N2O4S.ClH/c1-16-9-4-3-7(5-8(9)11)12-10(13)6-17(2,14)15;/h3-5H,6,11H2,1-2H3,(H,12,13);1H.